The summed E-state index contributed by atoms with van der Waals surface area (Å²) in [6.45, 7) is 0.684. The Kier molecular flexibility index (Phi) is 3.59. The van der Waals surface area contributed by atoms with E-state index in [-0.39, 0.29) is 12.0 Å². The minimum absolute atomic E-state index is 0.268. The Hall–Kier alpha value is -0.0500. The number of benzene rings is 1. The molecule has 1 aliphatic rings. The van der Waals surface area contributed by atoms with Crippen molar-refractivity contribution >= 4 is 29.8 Å². The van der Waals surface area contributed by atoms with Gasteiger partial charge in [-0.3, -0.25) is 9.05 Å². The highest BCUT2D eigenvalue weighted by atomic mass is 35.7. The van der Waals surface area contributed by atoms with Crippen molar-refractivity contribution in [1.82, 2.24) is 0 Å². The molecular weight excluding hydrogens is 282 g/mol. The van der Waals surface area contributed by atoms with Crippen LogP contribution in [0.4, 0.5) is 0 Å². The molecule has 0 amide bonds. The average Bonchev–Trinajstić information content (AvgIpc) is 2.23. The van der Waals surface area contributed by atoms with Crippen LogP contribution in [0.5, 0.6) is 0 Å². The molecule has 2 atom stereocenters. The van der Waals surface area contributed by atoms with Crippen molar-refractivity contribution in [2.75, 3.05) is 6.61 Å². The summed E-state index contributed by atoms with van der Waals surface area (Å²) in [5.41, 5.74) is 0.441. The molecule has 1 aliphatic heterocycles. The van der Waals surface area contributed by atoms with Crippen LogP contribution < -0.4 is 0 Å². The summed E-state index contributed by atoms with van der Waals surface area (Å²) >= 11 is 11.8. The second-order valence-corrected chi connectivity index (χ2v) is 7.68. The van der Waals surface area contributed by atoms with Crippen LogP contribution in [0.15, 0.2) is 24.3 Å². The highest BCUT2D eigenvalue weighted by molar-refractivity contribution is 7.81. The predicted molar refractivity (Wildman–Crippen MR) is 68.5 cm³/mol. The fourth-order valence-corrected chi connectivity index (χ4v) is 3.60. The van der Waals surface area contributed by atoms with Gasteiger partial charge in [0.1, 0.15) is 6.10 Å². The summed E-state index contributed by atoms with van der Waals surface area (Å²) in [6.07, 6.45) is -0.437. The zero-order valence-electron chi connectivity index (χ0n) is 9.52. The molecule has 0 saturated carbocycles. The second-order valence-electron chi connectivity index (χ2n) is 4.70. The lowest BCUT2D eigenvalue weighted by atomic mass is 9.83. The molecule has 1 aromatic carbocycles. The van der Waals surface area contributed by atoms with Gasteiger partial charge in [-0.15, -0.1) is 0 Å². The molecule has 1 aromatic rings. The van der Waals surface area contributed by atoms with E-state index >= 15 is 0 Å². The molecule has 17 heavy (non-hydrogen) atoms. The van der Waals surface area contributed by atoms with Gasteiger partial charge in [-0.05, 0) is 6.07 Å². The molecule has 1 fully saturated rings. The van der Waals surface area contributed by atoms with E-state index in [0.717, 1.165) is 5.56 Å². The third kappa shape index (κ3) is 2.86. The van der Waals surface area contributed by atoms with Gasteiger partial charge in [0, 0.05) is 27.2 Å². The Morgan fingerprint density at radius 2 is 2.06 bits per heavy atom. The van der Waals surface area contributed by atoms with Gasteiger partial charge in [-0.1, -0.05) is 43.6 Å². The van der Waals surface area contributed by atoms with Crippen molar-refractivity contribution < 1.29 is 13.6 Å². The Bertz CT molecular complexity index is 476. The average molecular weight is 295 g/mol. The van der Waals surface area contributed by atoms with E-state index in [1.165, 1.54) is 0 Å². The molecule has 3 nitrogen and oxygen atoms in total. The van der Waals surface area contributed by atoms with Crippen LogP contribution in [0.1, 0.15) is 25.5 Å². The Morgan fingerprint density at radius 3 is 2.71 bits per heavy atom. The lowest BCUT2D eigenvalue weighted by Crippen LogP contribution is -2.32. The van der Waals surface area contributed by atoms with Gasteiger partial charge in [0.05, 0.1) is 6.61 Å². The maximum Gasteiger partial charge on any atom is 0.424 e. The van der Waals surface area contributed by atoms with Crippen molar-refractivity contribution in [1.29, 1.82) is 0 Å². The van der Waals surface area contributed by atoms with Crippen LogP contribution in [0.2, 0.25) is 5.02 Å². The zero-order valence-corrected chi connectivity index (χ0v) is 11.9. The first-order valence-corrected chi connectivity index (χ1v) is 8.01. The monoisotopic (exact) mass is 294 g/mol. The van der Waals surface area contributed by atoms with Crippen LogP contribution in [0.3, 0.4) is 0 Å². The van der Waals surface area contributed by atoms with E-state index in [4.69, 9.17) is 31.9 Å². The Labute approximate surface area is 110 Å². The van der Waals surface area contributed by atoms with Gasteiger partial charge in [0.2, 0.25) is 0 Å². The van der Waals surface area contributed by atoms with E-state index < -0.39 is 13.1 Å². The van der Waals surface area contributed by atoms with Crippen molar-refractivity contribution in [2.24, 2.45) is 5.41 Å². The maximum absolute atomic E-state index is 11.7. The molecule has 0 N–H and O–H groups in total. The SMILES string of the molecule is CC1(C)COP(=O)(Cl)OC1c1ccccc1Cl. The standard InChI is InChI=1S/C11H13Cl2O3P/c1-11(2)7-15-17(13,14)16-10(11)8-5-3-4-6-9(8)12/h3-6,10H,7H2,1-2H3. The summed E-state index contributed by atoms with van der Waals surface area (Å²) in [6, 6.07) is 7.30. The number of hydrogen-bond donors (Lipinski definition) is 0. The number of rotatable bonds is 1. The molecule has 0 spiro atoms. The van der Waals surface area contributed by atoms with Crippen LogP contribution in [-0.2, 0) is 13.6 Å². The molecule has 0 radical (unpaired) electrons. The van der Waals surface area contributed by atoms with E-state index in [9.17, 15) is 4.57 Å². The molecule has 6 heteroatoms. The summed E-state index contributed by atoms with van der Waals surface area (Å²) in [5, 5.41) is 0.573. The van der Waals surface area contributed by atoms with Crippen molar-refractivity contribution in [3.8, 4) is 0 Å². The van der Waals surface area contributed by atoms with Crippen LogP contribution in [0, 0.1) is 5.41 Å². The van der Waals surface area contributed by atoms with Gasteiger partial charge >= 0.3 is 6.95 Å². The quantitative estimate of drug-likeness (QED) is 0.698. The third-order valence-electron chi connectivity index (χ3n) is 2.72. The fourth-order valence-electron chi connectivity index (χ4n) is 1.78. The van der Waals surface area contributed by atoms with Gasteiger partial charge in [0.25, 0.3) is 0 Å². The second kappa shape index (κ2) is 4.56. The van der Waals surface area contributed by atoms with Crippen molar-refractivity contribution in [2.45, 2.75) is 20.0 Å². The van der Waals surface area contributed by atoms with Crippen LogP contribution in [-0.4, -0.2) is 6.61 Å². The first-order chi connectivity index (χ1) is 7.82. The van der Waals surface area contributed by atoms with Gasteiger partial charge in [-0.25, -0.2) is 4.57 Å². The highest BCUT2D eigenvalue weighted by Gasteiger charge is 2.44. The normalized spacial score (nSPS) is 32.4. The molecule has 1 saturated heterocycles. The fraction of sp³-hybridized carbons (Fsp3) is 0.455. The maximum atomic E-state index is 11.7. The Balaban J connectivity index is 2.41. The van der Waals surface area contributed by atoms with Crippen molar-refractivity contribution in [3.63, 3.8) is 0 Å². The van der Waals surface area contributed by atoms with E-state index in [1.54, 1.807) is 6.07 Å². The molecule has 1 heterocycles. The minimum atomic E-state index is -3.49. The number of hydrogen-bond acceptors (Lipinski definition) is 3. The summed E-state index contributed by atoms with van der Waals surface area (Å²) in [5.74, 6) is 0. The van der Waals surface area contributed by atoms with Crippen molar-refractivity contribution in [3.05, 3.63) is 34.9 Å². The molecular formula is C11H13Cl2O3P. The summed E-state index contributed by atoms with van der Waals surface area (Å²) < 4.78 is 22.1. The zero-order chi connectivity index (χ0) is 12.7. The topological polar surface area (TPSA) is 35.5 Å². The van der Waals surface area contributed by atoms with Gasteiger partial charge in [0.15, 0.2) is 0 Å². The Morgan fingerprint density at radius 1 is 1.41 bits per heavy atom. The number of halogens is 2. The van der Waals surface area contributed by atoms with E-state index in [1.807, 2.05) is 32.0 Å². The van der Waals surface area contributed by atoms with E-state index in [2.05, 4.69) is 0 Å². The first-order valence-electron chi connectivity index (χ1n) is 5.19. The predicted octanol–water partition coefficient (Wildman–Crippen LogP) is 4.80. The molecule has 2 rings (SSSR count). The third-order valence-corrected chi connectivity index (χ3v) is 4.50. The lowest BCUT2D eigenvalue weighted by molar-refractivity contribution is -0.0202. The van der Waals surface area contributed by atoms with Crippen LogP contribution in [0.25, 0.3) is 0 Å². The smallest absolute Gasteiger partial charge is 0.296 e. The molecule has 0 bridgehead atoms. The molecule has 94 valence electrons. The largest absolute Gasteiger partial charge is 0.424 e. The molecule has 0 aliphatic carbocycles. The first kappa shape index (κ1) is 13.4. The van der Waals surface area contributed by atoms with Gasteiger partial charge < -0.3 is 0 Å². The molecule has 2 unspecified atom stereocenters. The van der Waals surface area contributed by atoms with Gasteiger partial charge in [-0.2, -0.15) is 0 Å². The van der Waals surface area contributed by atoms with E-state index in [0.29, 0.717) is 5.02 Å². The lowest BCUT2D eigenvalue weighted by Gasteiger charge is -2.39. The van der Waals surface area contributed by atoms with Crippen LogP contribution >= 0.6 is 29.8 Å². The summed E-state index contributed by atoms with van der Waals surface area (Å²) in [4.78, 5) is 0. The summed E-state index contributed by atoms with van der Waals surface area (Å²) in [7, 11) is 0. The highest BCUT2D eigenvalue weighted by Crippen LogP contribution is 2.64. The molecule has 0 aromatic heterocycles. The minimum Gasteiger partial charge on any atom is -0.296 e.